The third-order valence-corrected chi connectivity index (χ3v) is 3.30. The maximum Gasteiger partial charge on any atom is 0.328 e. The van der Waals surface area contributed by atoms with Crippen molar-refractivity contribution >= 4 is 39.2 Å². The van der Waals surface area contributed by atoms with E-state index < -0.39 is 6.03 Å². The van der Waals surface area contributed by atoms with Crippen molar-refractivity contribution in [2.75, 3.05) is 11.4 Å². The molecule has 1 N–H and O–H groups in total. The number of urea groups is 1. The Bertz CT molecular complexity index is 653. The van der Waals surface area contributed by atoms with E-state index in [1.165, 1.54) is 11.2 Å². The summed E-state index contributed by atoms with van der Waals surface area (Å²) in [5.74, 6) is -0.258. The number of anilines is 1. The van der Waals surface area contributed by atoms with E-state index in [4.69, 9.17) is 0 Å². The second-order valence-electron chi connectivity index (χ2n) is 3.79. The van der Waals surface area contributed by atoms with Gasteiger partial charge in [-0.25, -0.2) is 14.3 Å². The molecule has 1 saturated heterocycles. The molecule has 2 aromatic rings. The summed E-state index contributed by atoms with van der Waals surface area (Å²) in [5.41, 5.74) is 1.19. The lowest BCUT2D eigenvalue weighted by Crippen LogP contribution is -2.49. The molecule has 0 unspecified atom stereocenters. The number of carbonyl (C=O) groups is 2. The SMILES string of the molecule is O=C1CCN(c2ccc(Br)n3ncnc23)C(=O)N1. The van der Waals surface area contributed by atoms with Gasteiger partial charge in [-0.2, -0.15) is 5.10 Å². The number of nitrogens with one attached hydrogen (secondary N) is 1. The standard InChI is InChI=1S/C10H8BrN5O2/c11-7-2-1-6(9-12-5-13-16(7)9)15-4-3-8(17)14-10(15)18/h1-2,5H,3-4H2,(H,14,17,18). The number of halogens is 1. The predicted molar refractivity (Wildman–Crippen MR) is 66.2 cm³/mol. The summed E-state index contributed by atoms with van der Waals surface area (Å²) in [7, 11) is 0. The Balaban J connectivity index is 2.09. The van der Waals surface area contributed by atoms with Gasteiger partial charge in [0.1, 0.15) is 10.9 Å². The van der Waals surface area contributed by atoms with Gasteiger partial charge in [-0.3, -0.25) is 15.0 Å². The normalized spacial score (nSPS) is 16.2. The molecule has 0 saturated carbocycles. The third kappa shape index (κ3) is 1.65. The topological polar surface area (TPSA) is 79.6 Å². The van der Waals surface area contributed by atoms with Crippen LogP contribution in [0.15, 0.2) is 23.1 Å². The first-order chi connectivity index (χ1) is 8.66. The number of nitrogens with zero attached hydrogens (tertiary/aromatic N) is 4. The van der Waals surface area contributed by atoms with Gasteiger partial charge in [0.05, 0.1) is 5.69 Å². The van der Waals surface area contributed by atoms with Crippen LogP contribution >= 0.6 is 15.9 Å². The minimum atomic E-state index is -0.432. The molecular weight excluding hydrogens is 302 g/mol. The van der Waals surface area contributed by atoms with Crippen LogP contribution in [-0.4, -0.2) is 33.1 Å². The van der Waals surface area contributed by atoms with Crippen molar-refractivity contribution in [3.8, 4) is 0 Å². The van der Waals surface area contributed by atoms with E-state index in [-0.39, 0.29) is 12.3 Å². The lowest BCUT2D eigenvalue weighted by Gasteiger charge is -2.26. The van der Waals surface area contributed by atoms with Crippen LogP contribution in [0.25, 0.3) is 5.65 Å². The Morgan fingerprint density at radius 3 is 2.94 bits per heavy atom. The molecule has 8 heteroatoms. The Morgan fingerprint density at radius 1 is 1.33 bits per heavy atom. The van der Waals surface area contributed by atoms with Crippen LogP contribution in [0.3, 0.4) is 0 Å². The average Bonchev–Trinajstić information content (AvgIpc) is 2.81. The van der Waals surface area contributed by atoms with Crippen LogP contribution in [0.1, 0.15) is 6.42 Å². The molecular formula is C10H8BrN5O2. The molecule has 0 aromatic carbocycles. The van der Waals surface area contributed by atoms with E-state index in [1.807, 2.05) is 0 Å². The Morgan fingerprint density at radius 2 is 2.17 bits per heavy atom. The molecule has 0 atom stereocenters. The van der Waals surface area contributed by atoms with Crippen molar-refractivity contribution in [3.05, 3.63) is 23.1 Å². The molecule has 1 aliphatic rings. The average molecular weight is 310 g/mol. The number of imide groups is 1. The molecule has 0 aliphatic carbocycles. The lowest BCUT2D eigenvalue weighted by molar-refractivity contribution is -0.120. The summed E-state index contributed by atoms with van der Waals surface area (Å²) in [5, 5.41) is 6.33. The summed E-state index contributed by atoms with van der Waals surface area (Å²) in [6.07, 6.45) is 1.69. The smallest absolute Gasteiger partial charge is 0.290 e. The molecule has 3 heterocycles. The Hall–Kier alpha value is -1.96. The first-order valence-electron chi connectivity index (χ1n) is 5.26. The number of amides is 3. The van der Waals surface area contributed by atoms with Gasteiger partial charge >= 0.3 is 6.03 Å². The maximum absolute atomic E-state index is 11.8. The number of aromatic nitrogens is 3. The number of hydrogen-bond donors (Lipinski definition) is 1. The van der Waals surface area contributed by atoms with E-state index >= 15 is 0 Å². The van der Waals surface area contributed by atoms with E-state index in [2.05, 4.69) is 31.3 Å². The van der Waals surface area contributed by atoms with Crippen LogP contribution in [0, 0.1) is 0 Å². The summed E-state index contributed by atoms with van der Waals surface area (Å²) < 4.78 is 2.33. The molecule has 0 bridgehead atoms. The van der Waals surface area contributed by atoms with Crippen LogP contribution in [0.5, 0.6) is 0 Å². The highest BCUT2D eigenvalue weighted by Crippen LogP contribution is 2.24. The van der Waals surface area contributed by atoms with Crippen molar-refractivity contribution in [2.45, 2.75) is 6.42 Å². The fourth-order valence-electron chi connectivity index (χ4n) is 1.87. The van der Waals surface area contributed by atoms with E-state index in [9.17, 15) is 9.59 Å². The quantitative estimate of drug-likeness (QED) is 0.795. The largest absolute Gasteiger partial charge is 0.328 e. The third-order valence-electron chi connectivity index (χ3n) is 2.70. The molecule has 2 aromatic heterocycles. The first kappa shape index (κ1) is 11.1. The van der Waals surface area contributed by atoms with E-state index in [0.717, 1.165) is 4.60 Å². The minimum absolute atomic E-state index is 0.258. The van der Waals surface area contributed by atoms with Crippen LogP contribution in [0.2, 0.25) is 0 Å². The number of pyridine rings is 1. The van der Waals surface area contributed by atoms with Crippen LogP contribution in [0.4, 0.5) is 10.5 Å². The summed E-state index contributed by atoms with van der Waals surface area (Å²) in [6.45, 7) is 0.342. The molecule has 0 spiro atoms. The minimum Gasteiger partial charge on any atom is -0.290 e. The van der Waals surface area contributed by atoms with Gasteiger partial charge in [-0.1, -0.05) is 0 Å². The highest BCUT2D eigenvalue weighted by Gasteiger charge is 2.26. The number of fused-ring (bicyclic) bond motifs is 1. The van der Waals surface area contributed by atoms with Gasteiger partial charge in [-0.05, 0) is 28.1 Å². The van der Waals surface area contributed by atoms with Gasteiger partial charge in [0, 0.05) is 13.0 Å². The van der Waals surface area contributed by atoms with Crippen molar-refractivity contribution in [3.63, 3.8) is 0 Å². The van der Waals surface area contributed by atoms with Gasteiger partial charge in [0.2, 0.25) is 5.91 Å². The highest BCUT2D eigenvalue weighted by molar-refractivity contribution is 9.10. The fraction of sp³-hybridized carbons (Fsp3) is 0.200. The lowest BCUT2D eigenvalue weighted by atomic mass is 10.2. The second-order valence-corrected chi connectivity index (χ2v) is 4.60. The molecule has 18 heavy (non-hydrogen) atoms. The molecule has 3 amide bonds. The van der Waals surface area contributed by atoms with E-state index in [0.29, 0.717) is 17.9 Å². The first-order valence-corrected chi connectivity index (χ1v) is 6.06. The van der Waals surface area contributed by atoms with Crippen LogP contribution in [-0.2, 0) is 4.79 Å². The zero-order chi connectivity index (χ0) is 12.7. The van der Waals surface area contributed by atoms with Crippen molar-refractivity contribution in [1.29, 1.82) is 0 Å². The van der Waals surface area contributed by atoms with Gasteiger partial charge in [0.15, 0.2) is 5.65 Å². The highest BCUT2D eigenvalue weighted by atomic mass is 79.9. The summed E-state index contributed by atoms with van der Waals surface area (Å²) in [4.78, 5) is 28.5. The molecule has 92 valence electrons. The predicted octanol–water partition coefficient (Wildman–Crippen LogP) is 0.938. The maximum atomic E-state index is 11.8. The zero-order valence-corrected chi connectivity index (χ0v) is 10.7. The molecule has 3 rings (SSSR count). The second kappa shape index (κ2) is 4.05. The summed E-state index contributed by atoms with van der Waals surface area (Å²) >= 11 is 3.35. The van der Waals surface area contributed by atoms with Crippen molar-refractivity contribution in [2.24, 2.45) is 0 Å². The van der Waals surface area contributed by atoms with Crippen molar-refractivity contribution in [1.82, 2.24) is 19.9 Å². The number of hydrogen-bond acceptors (Lipinski definition) is 4. The van der Waals surface area contributed by atoms with Gasteiger partial charge in [-0.15, -0.1) is 0 Å². The Kier molecular flexibility index (Phi) is 2.51. The van der Waals surface area contributed by atoms with Crippen LogP contribution < -0.4 is 10.2 Å². The van der Waals surface area contributed by atoms with Gasteiger partial charge < -0.3 is 0 Å². The number of rotatable bonds is 1. The summed E-state index contributed by atoms with van der Waals surface area (Å²) in [6, 6.07) is 3.11. The fourth-order valence-corrected chi connectivity index (χ4v) is 2.26. The molecule has 7 nitrogen and oxygen atoms in total. The number of carbonyl (C=O) groups excluding carboxylic acids is 2. The molecule has 0 radical (unpaired) electrons. The van der Waals surface area contributed by atoms with Crippen molar-refractivity contribution < 1.29 is 9.59 Å². The molecule has 1 aliphatic heterocycles. The van der Waals surface area contributed by atoms with Gasteiger partial charge in [0.25, 0.3) is 0 Å². The zero-order valence-electron chi connectivity index (χ0n) is 9.13. The molecule has 1 fully saturated rings. The van der Waals surface area contributed by atoms with E-state index in [1.54, 1.807) is 16.6 Å². The monoisotopic (exact) mass is 309 g/mol. The Labute approximate surface area is 110 Å².